The van der Waals surface area contributed by atoms with Crippen LogP contribution in [0.2, 0.25) is 0 Å². The van der Waals surface area contributed by atoms with E-state index in [1.165, 1.54) is 18.2 Å². The zero-order valence-corrected chi connectivity index (χ0v) is 17.4. The number of amides is 1. The second-order valence-electron chi connectivity index (χ2n) is 8.28. The second-order valence-corrected chi connectivity index (χ2v) is 9.91. The molecule has 8 nitrogen and oxygen atoms in total. The van der Waals surface area contributed by atoms with Crippen LogP contribution in [0.5, 0.6) is 11.5 Å². The van der Waals surface area contributed by atoms with Gasteiger partial charge >= 0.3 is 0 Å². The summed E-state index contributed by atoms with van der Waals surface area (Å²) in [6.07, 6.45) is 0.711. The highest BCUT2D eigenvalue weighted by Crippen LogP contribution is 2.46. The summed E-state index contributed by atoms with van der Waals surface area (Å²) in [4.78, 5) is 16.9. The zero-order chi connectivity index (χ0) is 22.1. The molecule has 2 aromatic carbocycles. The van der Waals surface area contributed by atoms with Gasteiger partial charge in [0.25, 0.3) is 16.0 Å². The van der Waals surface area contributed by atoms with Crippen molar-refractivity contribution in [1.82, 2.24) is 4.57 Å². The topological polar surface area (TPSA) is 129 Å². The molecule has 0 radical (unpaired) electrons. The minimum atomic E-state index is -4.37. The number of aromatic hydroxyl groups is 2. The number of benzene rings is 2. The van der Waals surface area contributed by atoms with E-state index in [9.17, 15) is 28.0 Å². The van der Waals surface area contributed by atoms with Crippen LogP contribution in [0.1, 0.15) is 31.5 Å². The van der Waals surface area contributed by atoms with Crippen LogP contribution in [0.15, 0.2) is 47.5 Å². The number of hydrogen-bond acceptors (Lipinski definition) is 5. The van der Waals surface area contributed by atoms with Gasteiger partial charge in [0.2, 0.25) is 0 Å². The molecule has 5 rings (SSSR count). The molecule has 2 heterocycles. The van der Waals surface area contributed by atoms with Crippen molar-refractivity contribution in [1.29, 1.82) is 0 Å². The van der Waals surface area contributed by atoms with Gasteiger partial charge in [0, 0.05) is 10.6 Å². The van der Waals surface area contributed by atoms with Gasteiger partial charge in [0.1, 0.15) is 16.7 Å². The van der Waals surface area contributed by atoms with Gasteiger partial charge in [-0.15, -0.1) is 0 Å². The van der Waals surface area contributed by atoms with Crippen LogP contribution in [0.3, 0.4) is 0 Å². The molecule has 3 atom stereocenters. The lowest BCUT2D eigenvalue weighted by atomic mass is 10.1. The average molecular weight is 440 g/mol. The van der Waals surface area contributed by atoms with E-state index >= 15 is 0 Å². The summed E-state index contributed by atoms with van der Waals surface area (Å²) in [5, 5.41) is 21.2. The first-order valence-corrected chi connectivity index (χ1v) is 11.4. The van der Waals surface area contributed by atoms with E-state index in [2.05, 4.69) is 4.99 Å². The number of fused-ring (bicyclic) bond motifs is 2. The Kier molecular flexibility index (Phi) is 4.25. The number of carbonyl (C=O) groups excluding carboxylic acids is 1. The number of carbonyl (C=O) groups is 1. The van der Waals surface area contributed by atoms with Crippen LogP contribution < -0.4 is 10.6 Å². The first-order chi connectivity index (χ1) is 14.7. The van der Waals surface area contributed by atoms with E-state index in [4.69, 9.17) is 0 Å². The van der Waals surface area contributed by atoms with Gasteiger partial charge in [0.05, 0.1) is 28.2 Å². The third-order valence-electron chi connectivity index (χ3n) is 6.23. The average Bonchev–Trinajstić information content (AvgIpc) is 3.33. The normalized spacial score (nSPS) is 23.4. The minimum Gasteiger partial charge on any atom is -0.508 e. The molecule has 0 saturated heterocycles. The third-order valence-corrected chi connectivity index (χ3v) is 7.50. The summed E-state index contributed by atoms with van der Waals surface area (Å²) in [5.74, 6) is -0.805. The maximum atomic E-state index is 12.9. The van der Waals surface area contributed by atoms with Gasteiger partial charge in [-0.2, -0.15) is 8.42 Å². The largest absolute Gasteiger partial charge is 0.508 e. The highest BCUT2D eigenvalue weighted by Gasteiger charge is 2.43. The van der Waals surface area contributed by atoms with Crippen LogP contribution >= 0.6 is 0 Å². The Labute approximate surface area is 177 Å². The van der Waals surface area contributed by atoms with Crippen LogP contribution in [0.25, 0.3) is 16.5 Å². The van der Waals surface area contributed by atoms with Crippen molar-refractivity contribution < 1.29 is 28.0 Å². The first-order valence-electron chi connectivity index (χ1n) is 9.91. The highest BCUT2D eigenvalue weighted by atomic mass is 32.2. The highest BCUT2D eigenvalue weighted by molar-refractivity contribution is 7.86. The summed E-state index contributed by atoms with van der Waals surface area (Å²) < 4.78 is 36.0. The Morgan fingerprint density at radius 1 is 1.10 bits per heavy atom. The van der Waals surface area contributed by atoms with E-state index in [0.717, 1.165) is 0 Å². The lowest BCUT2D eigenvalue weighted by molar-refractivity contribution is -0.112. The van der Waals surface area contributed by atoms with Gasteiger partial charge < -0.3 is 14.8 Å². The molecular formula is C22H20N2O6S. The Balaban J connectivity index is 1.90. The maximum absolute atomic E-state index is 12.9. The SMILES string of the molecule is CC1CC(n2c(C3=c4cc(O)ccc4=NC3=O)c(O)c3ccccc32)C(S(=O)(=O)O)C1. The molecule has 3 aromatic rings. The molecule has 2 aliphatic rings. The fraction of sp³-hybridized carbons (Fsp3) is 0.273. The predicted octanol–water partition coefficient (Wildman–Crippen LogP) is 1.64. The lowest BCUT2D eigenvalue weighted by Gasteiger charge is -2.23. The molecule has 1 saturated carbocycles. The summed E-state index contributed by atoms with van der Waals surface area (Å²) in [7, 11) is -4.37. The smallest absolute Gasteiger partial charge is 0.280 e. The van der Waals surface area contributed by atoms with E-state index < -0.39 is 27.3 Å². The van der Waals surface area contributed by atoms with Crippen molar-refractivity contribution >= 4 is 32.5 Å². The van der Waals surface area contributed by atoms with Crippen molar-refractivity contribution in [2.24, 2.45) is 10.9 Å². The van der Waals surface area contributed by atoms with Crippen molar-refractivity contribution in [2.75, 3.05) is 0 Å². The van der Waals surface area contributed by atoms with Crippen molar-refractivity contribution in [2.45, 2.75) is 31.1 Å². The lowest BCUT2D eigenvalue weighted by Crippen LogP contribution is -2.29. The molecule has 31 heavy (non-hydrogen) atoms. The van der Waals surface area contributed by atoms with Gasteiger partial charge in [-0.25, -0.2) is 4.99 Å². The number of phenols is 1. The monoisotopic (exact) mass is 440 g/mol. The number of hydrogen-bond donors (Lipinski definition) is 3. The number of rotatable bonds is 3. The molecular weight excluding hydrogens is 420 g/mol. The zero-order valence-electron chi connectivity index (χ0n) is 16.6. The molecule has 1 fully saturated rings. The Morgan fingerprint density at radius 3 is 2.58 bits per heavy atom. The van der Waals surface area contributed by atoms with Gasteiger partial charge in [-0.1, -0.05) is 19.1 Å². The molecule has 1 aliphatic carbocycles. The Hall–Kier alpha value is -3.17. The first kappa shape index (κ1) is 19.8. The summed E-state index contributed by atoms with van der Waals surface area (Å²) in [5.41, 5.74) is 0.789. The predicted molar refractivity (Wildman–Crippen MR) is 113 cm³/mol. The number of aromatic nitrogens is 1. The Bertz CT molecular complexity index is 1490. The molecule has 1 aromatic heterocycles. The van der Waals surface area contributed by atoms with Crippen LogP contribution in [0, 0.1) is 5.92 Å². The molecule has 9 heteroatoms. The number of phenolic OH excluding ortho intramolecular Hbond substituents is 1. The summed E-state index contributed by atoms with van der Waals surface area (Å²) in [6.45, 7) is 1.90. The van der Waals surface area contributed by atoms with E-state index in [-0.39, 0.29) is 35.1 Å². The van der Waals surface area contributed by atoms with E-state index in [0.29, 0.717) is 27.9 Å². The summed E-state index contributed by atoms with van der Waals surface area (Å²) in [6, 6.07) is 10.6. The Morgan fingerprint density at radius 2 is 1.84 bits per heavy atom. The van der Waals surface area contributed by atoms with E-state index in [1.807, 2.05) is 6.92 Å². The van der Waals surface area contributed by atoms with Crippen molar-refractivity contribution in [3.05, 3.63) is 58.7 Å². The standard InChI is InChI=1S/C22H20N2O6S/c1-11-8-17(18(9-11)31(28,29)30)24-16-5-3-2-4-13(16)21(26)20(24)19-14-10-12(25)6-7-15(14)23-22(19)27/h2-7,10-11,17-18,25-26H,8-9H2,1H3,(H,28,29,30). The van der Waals surface area contributed by atoms with Crippen LogP contribution in [0.4, 0.5) is 0 Å². The summed E-state index contributed by atoms with van der Waals surface area (Å²) >= 11 is 0. The molecule has 0 spiro atoms. The van der Waals surface area contributed by atoms with Gasteiger partial charge in [-0.05, 0) is 49.1 Å². The third kappa shape index (κ3) is 2.95. The molecule has 160 valence electrons. The second kappa shape index (κ2) is 6.66. The molecule has 1 aliphatic heterocycles. The van der Waals surface area contributed by atoms with Crippen LogP contribution in [-0.2, 0) is 14.9 Å². The van der Waals surface area contributed by atoms with Crippen LogP contribution in [-0.4, -0.2) is 38.9 Å². The quantitative estimate of drug-likeness (QED) is 0.531. The molecule has 3 unspecified atom stereocenters. The molecule has 3 N–H and O–H groups in total. The molecule has 0 bridgehead atoms. The minimum absolute atomic E-state index is 0.0124. The van der Waals surface area contributed by atoms with Crippen molar-refractivity contribution in [3.8, 4) is 11.5 Å². The van der Waals surface area contributed by atoms with E-state index in [1.54, 1.807) is 28.8 Å². The fourth-order valence-corrected chi connectivity index (χ4v) is 6.17. The maximum Gasteiger partial charge on any atom is 0.280 e. The number of para-hydroxylation sites is 1. The van der Waals surface area contributed by atoms with Crippen molar-refractivity contribution in [3.63, 3.8) is 0 Å². The van der Waals surface area contributed by atoms with Gasteiger partial charge in [0.15, 0.2) is 0 Å². The number of nitrogens with zero attached hydrogens (tertiary/aromatic N) is 2. The van der Waals surface area contributed by atoms with Gasteiger partial charge in [-0.3, -0.25) is 9.35 Å². The fourth-order valence-electron chi connectivity index (χ4n) is 4.97. The molecule has 1 amide bonds.